The van der Waals surface area contributed by atoms with Crippen LogP contribution in [-0.2, 0) is 6.42 Å². The van der Waals surface area contributed by atoms with E-state index < -0.39 is 5.97 Å². The number of aromatic nitrogens is 2. The molecular weight excluding hydrogens is 240 g/mol. The third kappa shape index (κ3) is 2.01. The van der Waals surface area contributed by atoms with E-state index in [1.54, 1.807) is 12.1 Å². The van der Waals surface area contributed by atoms with Crippen molar-refractivity contribution in [1.82, 2.24) is 9.55 Å². The molecule has 0 amide bonds. The van der Waals surface area contributed by atoms with E-state index in [9.17, 15) is 4.79 Å². The van der Waals surface area contributed by atoms with Crippen LogP contribution in [0.1, 0.15) is 54.8 Å². The van der Waals surface area contributed by atoms with Crippen molar-refractivity contribution in [3.05, 3.63) is 29.6 Å². The predicted molar refractivity (Wildman–Crippen MR) is 73.6 cm³/mol. The predicted octanol–water partition coefficient (Wildman–Crippen LogP) is 3.41. The largest absolute Gasteiger partial charge is 0.478 e. The van der Waals surface area contributed by atoms with Crippen molar-refractivity contribution in [2.45, 2.75) is 45.1 Å². The zero-order valence-corrected chi connectivity index (χ0v) is 11.1. The quantitative estimate of drug-likeness (QED) is 0.917. The Morgan fingerprint density at radius 3 is 2.79 bits per heavy atom. The second-order valence-electron chi connectivity index (χ2n) is 5.20. The first kappa shape index (κ1) is 12.2. The molecular formula is C15H18N2O2. The number of carboxylic acid groups (broad SMARTS) is 1. The minimum Gasteiger partial charge on any atom is -0.478 e. The fraction of sp³-hybridized carbons (Fsp3) is 0.467. The monoisotopic (exact) mass is 258 g/mol. The van der Waals surface area contributed by atoms with Crippen LogP contribution in [0.15, 0.2) is 18.2 Å². The summed E-state index contributed by atoms with van der Waals surface area (Å²) >= 11 is 0. The Hall–Kier alpha value is -1.84. The van der Waals surface area contributed by atoms with Gasteiger partial charge in [-0.3, -0.25) is 0 Å². The standard InChI is InChI=1S/C15H18N2O2/c1-2-14-16-12-9-10(15(18)19)7-8-13(12)17(14)11-5-3-4-6-11/h7-9,11H,2-6H2,1H3,(H,18,19). The molecule has 1 saturated carbocycles. The highest BCUT2D eigenvalue weighted by Crippen LogP contribution is 2.34. The maximum absolute atomic E-state index is 11.0. The molecule has 1 aliphatic carbocycles. The Balaban J connectivity index is 2.16. The number of hydrogen-bond acceptors (Lipinski definition) is 2. The molecule has 0 spiro atoms. The van der Waals surface area contributed by atoms with E-state index in [4.69, 9.17) is 5.11 Å². The molecule has 0 radical (unpaired) electrons. The molecule has 1 heterocycles. The number of aromatic carboxylic acids is 1. The lowest BCUT2D eigenvalue weighted by molar-refractivity contribution is 0.0697. The summed E-state index contributed by atoms with van der Waals surface area (Å²) in [5.41, 5.74) is 2.20. The van der Waals surface area contributed by atoms with Crippen LogP contribution >= 0.6 is 0 Å². The van der Waals surface area contributed by atoms with Crippen LogP contribution in [0.25, 0.3) is 11.0 Å². The second-order valence-corrected chi connectivity index (χ2v) is 5.20. The maximum atomic E-state index is 11.0. The van der Waals surface area contributed by atoms with Gasteiger partial charge in [0.05, 0.1) is 16.6 Å². The lowest BCUT2D eigenvalue weighted by Crippen LogP contribution is -2.08. The summed E-state index contributed by atoms with van der Waals surface area (Å²) in [7, 11) is 0. The molecule has 2 aromatic rings. The molecule has 100 valence electrons. The van der Waals surface area contributed by atoms with Gasteiger partial charge < -0.3 is 9.67 Å². The number of benzene rings is 1. The molecule has 1 aromatic carbocycles. The molecule has 0 atom stereocenters. The van der Waals surface area contributed by atoms with Gasteiger partial charge in [-0.05, 0) is 31.0 Å². The summed E-state index contributed by atoms with van der Waals surface area (Å²) in [5.74, 6) is 0.180. The highest BCUT2D eigenvalue weighted by Gasteiger charge is 2.22. The SMILES string of the molecule is CCc1nc2cc(C(=O)O)ccc2n1C1CCCC1. The molecule has 0 unspecified atom stereocenters. The van der Waals surface area contributed by atoms with Gasteiger partial charge in [0, 0.05) is 12.5 Å². The van der Waals surface area contributed by atoms with Crippen LogP contribution in [0.3, 0.4) is 0 Å². The molecule has 1 N–H and O–H groups in total. The topological polar surface area (TPSA) is 55.1 Å². The highest BCUT2D eigenvalue weighted by molar-refractivity contribution is 5.92. The summed E-state index contributed by atoms with van der Waals surface area (Å²) < 4.78 is 2.33. The van der Waals surface area contributed by atoms with Gasteiger partial charge >= 0.3 is 5.97 Å². The number of nitrogens with zero attached hydrogens (tertiary/aromatic N) is 2. The molecule has 0 saturated heterocycles. The van der Waals surface area contributed by atoms with Gasteiger partial charge in [-0.25, -0.2) is 9.78 Å². The van der Waals surface area contributed by atoms with Gasteiger partial charge in [0.15, 0.2) is 0 Å². The number of imidazole rings is 1. The average molecular weight is 258 g/mol. The van der Waals surface area contributed by atoms with Gasteiger partial charge in [0.1, 0.15) is 5.82 Å². The third-order valence-corrected chi connectivity index (χ3v) is 4.02. The summed E-state index contributed by atoms with van der Waals surface area (Å²) in [5, 5.41) is 9.05. The molecule has 1 aromatic heterocycles. The molecule has 1 aliphatic rings. The van der Waals surface area contributed by atoms with Crippen LogP contribution in [0.4, 0.5) is 0 Å². The van der Waals surface area contributed by atoms with Crippen molar-refractivity contribution in [1.29, 1.82) is 0 Å². The minimum absolute atomic E-state index is 0.311. The minimum atomic E-state index is -0.893. The van der Waals surface area contributed by atoms with Crippen LogP contribution in [0.5, 0.6) is 0 Å². The van der Waals surface area contributed by atoms with Crippen LogP contribution in [0.2, 0.25) is 0 Å². The number of aryl methyl sites for hydroxylation is 1. The van der Waals surface area contributed by atoms with Gasteiger partial charge in [0.2, 0.25) is 0 Å². The first-order valence-electron chi connectivity index (χ1n) is 6.95. The Morgan fingerprint density at radius 1 is 1.42 bits per heavy atom. The Morgan fingerprint density at radius 2 is 2.16 bits per heavy atom. The van der Waals surface area contributed by atoms with E-state index in [0.717, 1.165) is 23.3 Å². The maximum Gasteiger partial charge on any atom is 0.335 e. The van der Waals surface area contributed by atoms with Crippen molar-refractivity contribution in [2.24, 2.45) is 0 Å². The van der Waals surface area contributed by atoms with Crippen LogP contribution < -0.4 is 0 Å². The van der Waals surface area contributed by atoms with Gasteiger partial charge in [-0.1, -0.05) is 19.8 Å². The van der Waals surface area contributed by atoms with E-state index >= 15 is 0 Å². The van der Waals surface area contributed by atoms with Crippen molar-refractivity contribution in [3.63, 3.8) is 0 Å². The normalized spacial score (nSPS) is 16.3. The third-order valence-electron chi connectivity index (χ3n) is 4.02. The molecule has 4 nitrogen and oxygen atoms in total. The van der Waals surface area contributed by atoms with Gasteiger partial charge in [-0.2, -0.15) is 0 Å². The first-order chi connectivity index (χ1) is 9.20. The van der Waals surface area contributed by atoms with E-state index in [2.05, 4.69) is 16.5 Å². The fourth-order valence-electron chi connectivity index (χ4n) is 3.10. The lowest BCUT2D eigenvalue weighted by atomic mass is 10.2. The van der Waals surface area contributed by atoms with Crippen molar-refractivity contribution >= 4 is 17.0 Å². The molecule has 19 heavy (non-hydrogen) atoms. The van der Waals surface area contributed by atoms with Crippen LogP contribution in [0, 0.1) is 0 Å². The molecule has 1 fully saturated rings. The zero-order valence-electron chi connectivity index (χ0n) is 11.1. The summed E-state index contributed by atoms with van der Waals surface area (Å²) in [6, 6.07) is 5.80. The van der Waals surface area contributed by atoms with Gasteiger partial charge in [0.25, 0.3) is 0 Å². The number of carbonyl (C=O) groups is 1. The van der Waals surface area contributed by atoms with E-state index in [-0.39, 0.29) is 0 Å². The number of fused-ring (bicyclic) bond motifs is 1. The number of hydrogen-bond donors (Lipinski definition) is 1. The summed E-state index contributed by atoms with van der Waals surface area (Å²) in [6.07, 6.45) is 5.85. The first-order valence-corrected chi connectivity index (χ1v) is 6.95. The van der Waals surface area contributed by atoms with E-state index in [1.165, 1.54) is 25.7 Å². The smallest absolute Gasteiger partial charge is 0.335 e. The fourth-order valence-corrected chi connectivity index (χ4v) is 3.10. The Kier molecular flexibility index (Phi) is 3.01. The Bertz CT molecular complexity index is 624. The Labute approximate surface area is 112 Å². The second kappa shape index (κ2) is 4.68. The van der Waals surface area contributed by atoms with Crippen molar-refractivity contribution in [3.8, 4) is 0 Å². The summed E-state index contributed by atoms with van der Waals surface area (Å²) in [6.45, 7) is 2.10. The molecule has 0 aliphatic heterocycles. The van der Waals surface area contributed by atoms with Crippen LogP contribution in [-0.4, -0.2) is 20.6 Å². The lowest BCUT2D eigenvalue weighted by Gasteiger charge is -2.15. The number of rotatable bonds is 3. The van der Waals surface area contributed by atoms with Crippen molar-refractivity contribution in [2.75, 3.05) is 0 Å². The van der Waals surface area contributed by atoms with E-state index in [0.29, 0.717) is 11.6 Å². The van der Waals surface area contributed by atoms with E-state index in [1.807, 2.05) is 6.07 Å². The number of carboxylic acids is 1. The summed E-state index contributed by atoms with van der Waals surface area (Å²) in [4.78, 5) is 15.6. The van der Waals surface area contributed by atoms with Crippen molar-refractivity contribution < 1.29 is 9.90 Å². The molecule has 0 bridgehead atoms. The molecule has 3 rings (SSSR count). The highest BCUT2D eigenvalue weighted by atomic mass is 16.4. The van der Waals surface area contributed by atoms with Gasteiger partial charge in [-0.15, -0.1) is 0 Å². The average Bonchev–Trinajstić information content (AvgIpc) is 3.03. The molecule has 4 heteroatoms. The zero-order chi connectivity index (χ0) is 13.4.